The van der Waals surface area contributed by atoms with Gasteiger partial charge in [-0.05, 0) is 43.7 Å². The summed E-state index contributed by atoms with van der Waals surface area (Å²) in [7, 11) is 0. The van der Waals surface area contributed by atoms with Gasteiger partial charge in [-0.25, -0.2) is 0 Å². The molecule has 5 heteroatoms. The van der Waals surface area contributed by atoms with Crippen LogP contribution < -0.4 is 15.8 Å². The third-order valence-electron chi connectivity index (χ3n) is 3.23. The van der Waals surface area contributed by atoms with Crippen molar-refractivity contribution in [1.82, 2.24) is 0 Å². The van der Waals surface area contributed by atoms with Gasteiger partial charge in [0.15, 0.2) is 6.10 Å². The van der Waals surface area contributed by atoms with Gasteiger partial charge in [-0.15, -0.1) is 0 Å². The van der Waals surface area contributed by atoms with Crippen molar-refractivity contribution < 1.29 is 9.53 Å². The molecule has 116 valence electrons. The number of aryl methyl sites for hydroxylation is 1. The van der Waals surface area contributed by atoms with Gasteiger partial charge in [0.1, 0.15) is 5.75 Å². The number of rotatable bonds is 5. The summed E-state index contributed by atoms with van der Waals surface area (Å²) in [5.41, 5.74) is 7.89. The molecule has 0 aromatic heterocycles. The Morgan fingerprint density at radius 2 is 1.95 bits per heavy atom. The minimum absolute atomic E-state index is 0.218. The van der Waals surface area contributed by atoms with Crippen LogP contribution in [0.2, 0.25) is 5.02 Å². The van der Waals surface area contributed by atoms with Crippen LogP contribution >= 0.6 is 11.6 Å². The number of amides is 1. The van der Waals surface area contributed by atoms with Crippen LogP contribution in [0, 0.1) is 6.92 Å². The van der Waals surface area contributed by atoms with Crippen molar-refractivity contribution in [3.05, 3.63) is 53.1 Å². The summed E-state index contributed by atoms with van der Waals surface area (Å²) >= 11 is 5.86. The second kappa shape index (κ2) is 7.18. The van der Waals surface area contributed by atoms with Crippen LogP contribution in [-0.4, -0.2) is 12.0 Å². The van der Waals surface area contributed by atoms with Gasteiger partial charge in [0.05, 0.1) is 10.7 Å². The lowest BCUT2D eigenvalue weighted by Gasteiger charge is -2.17. The van der Waals surface area contributed by atoms with E-state index in [4.69, 9.17) is 22.1 Å². The summed E-state index contributed by atoms with van der Waals surface area (Å²) in [6.45, 7) is 3.90. The van der Waals surface area contributed by atoms with E-state index >= 15 is 0 Å². The van der Waals surface area contributed by atoms with Crippen LogP contribution in [0.5, 0.6) is 5.75 Å². The molecular weight excluding hydrogens is 300 g/mol. The molecule has 0 fully saturated rings. The molecule has 0 radical (unpaired) electrons. The van der Waals surface area contributed by atoms with Crippen LogP contribution in [0.1, 0.15) is 18.9 Å². The number of ether oxygens (including phenoxy) is 1. The fourth-order valence-corrected chi connectivity index (χ4v) is 2.07. The predicted molar refractivity (Wildman–Crippen MR) is 90.4 cm³/mol. The quantitative estimate of drug-likeness (QED) is 0.818. The summed E-state index contributed by atoms with van der Waals surface area (Å²) in [6.07, 6.45) is -0.0115. The highest BCUT2D eigenvalue weighted by molar-refractivity contribution is 6.33. The highest BCUT2D eigenvalue weighted by Crippen LogP contribution is 2.23. The van der Waals surface area contributed by atoms with Gasteiger partial charge in [-0.3, -0.25) is 4.79 Å². The highest BCUT2D eigenvalue weighted by atomic mass is 35.5. The van der Waals surface area contributed by atoms with E-state index in [1.54, 1.807) is 18.2 Å². The van der Waals surface area contributed by atoms with Gasteiger partial charge in [0.25, 0.3) is 5.91 Å². The Kier molecular flexibility index (Phi) is 5.28. The minimum Gasteiger partial charge on any atom is -0.481 e. The van der Waals surface area contributed by atoms with E-state index in [0.717, 1.165) is 5.56 Å². The lowest BCUT2D eigenvalue weighted by molar-refractivity contribution is -0.122. The number of carbonyl (C=O) groups is 1. The fourth-order valence-electron chi connectivity index (χ4n) is 1.95. The van der Waals surface area contributed by atoms with E-state index in [1.807, 2.05) is 38.1 Å². The van der Waals surface area contributed by atoms with Gasteiger partial charge in [-0.1, -0.05) is 36.2 Å². The van der Waals surface area contributed by atoms with Crippen LogP contribution in [0.15, 0.2) is 42.5 Å². The summed E-state index contributed by atoms with van der Waals surface area (Å²) < 4.78 is 5.74. The molecule has 0 aliphatic carbocycles. The Morgan fingerprint density at radius 1 is 1.27 bits per heavy atom. The number of hydrogen-bond donors (Lipinski definition) is 2. The molecule has 1 atom stereocenters. The molecule has 2 aromatic carbocycles. The lowest BCUT2D eigenvalue weighted by atomic mass is 10.2. The standard InChI is InChI=1S/C17H19ClN2O2/c1-3-16(22-13-7-4-11(2)5-8-13)17(21)20-12-6-9-14(18)15(19)10-12/h4-10,16H,3,19H2,1-2H3,(H,20,21)/t16-/m1/s1. The van der Waals surface area contributed by atoms with Crippen molar-refractivity contribution in [3.63, 3.8) is 0 Å². The topological polar surface area (TPSA) is 64.3 Å². The SMILES string of the molecule is CC[C@@H](Oc1ccc(C)cc1)C(=O)Nc1ccc(Cl)c(N)c1. The first-order valence-electron chi connectivity index (χ1n) is 7.09. The van der Waals surface area contributed by atoms with Crippen molar-refractivity contribution in [2.45, 2.75) is 26.4 Å². The van der Waals surface area contributed by atoms with E-state index < -0.39 is 6.10 Å². The van der Waals surface area contributed by atoms with Crippen molar-refractivity contribution in [2.75, 3.05) is 11.1 Å². The number of carbonyl (C=O) groups excluding carboxylic acids is 1. The van der Waals surface area contributed by atoms with Crippen molar-refractivity contribution in [2.24, 2.45) is 0 Å². The maximum absolute atomic E-state index is 12.3. The predicted octanol–water partition coefficient (Wildman–Crippen LogP) is 4.03. The largest absolute Gasteiger partial charge is 0.481 e. The molecule has 22 heavy (non-hydrogen) atoms. The molecule has 0 heterocycles. The average molecular weight is 319 g/mol. The zero-order valence-electron chi connectivity index (χ0n) is 12.6. The van der Waals surface area contributed by atoms with E-state index in [2.05, 4.69) is 5.32 Å². The third kappa shape index (κ3) is 4.15. The molecule has 0 saturated carbocycles. The zero-order valence-corrected chi connectivity index (χ0v) is 13.4. The third-order valence-corrected chi connectivity index (χ3v) is 3.57. The molecule has 1 amide bonds. The second-order valence-electron chi connectivity index (χ2n) is 5.05. The molecule has 0 spiro atoms. The Morgan fingerprint density at radius 3 is 2.55 bits per heavy atom. The van der Waals surface area contributed by atoms with E-state index in [-0.39, 0.29) is 5.91 Å². The number of hydrogen-bond acceptors (Lipinski definition) is 3. The smallest absolute Gasteiger partial charge is 0.265 e. The van der Waals surface area contributed by atoms with Gasteiger partial charge >= 0.3 is 0 Å². The Balaban J connectivity index is 2.04. The van der Waals surface area contributed by atoms with Crippen LogP contribution in [0.3, 0.4) is 0 Å². The van der Waals surface area contributed by atoms with Crippen LogP contribution in [0.4, 0.5) is 11.4 Å². The van der Waals surface area contributed by atoms with Gasteiger partial charge in [-0.2, -0.15) is 0 Å². The number of nitrogens with one attached hydrogen (secondary N) is 1. The molecule has 0 aliphatic heterocycles. The van der Waals surface area contributed by atoms with Crippen molar-refractivity contribution >= 4 is 28.9 Å². The number of nitrogens with two attached hydrogens (primary N) is 1. The van der Waals surface area contributed by atoms with Crippen molar-refractivity contribution in [3.8, 4) is 5.75 Å². The molecule has 2 aromatic rings. The molecule has 2 rings (SSSR count). The minimum atomic E-state index is -0.570. The molecule has 0 aliphatic rings. The van der Waals surface area contributed by atoms with Crippen LogP contribution in [-0.2, 0) is 4.79 Å². The van der Waals surface area contributed by atoms with E-state index in [1.165, 1.54) is 0 Å². The summed E-state index contributed by atoms with van der Waals surface area (Å²) in [4.78, 5) is 12.3. The number of halogens is 1. The Hall–Kier alpha value is -2.20. The first-order chi connectivity index (χ1) is 10.5. The van der Waals surface area contributed by atoms with Gasteiger partial charge < -0.3 is 15.8 Å². The van der Waals surface area contributed by atoms with E-state index in [0.29, 0.717) is 28.6 Å². The van der Waals surface area contributed by atoms with Gasteiger partial charge in [0.2, 0.25) is 0 Å². The normalized spacial score (nSPS) is 11.8. The summed E-state index contributed by atoms with van der Waals surface area (Å²) in [5, 5.41) is 3.25. The lowest BCUT2D eigenvalue weighted by Crippen LogP contribution is -2.32. The maximum Gasteiger partial charge on any atom is 0.265 e. The molecule has 0 unspecified atom stereocenters. The summed E-state index contributed by atoms with van der Waals surface area (Å²) in [6, 6.07) is 12.6. The summed E-state index contributed by atoms with van der Waals surface area (Å²) in [5.74, 6) is 0.452. The monoisotopic (exact) mass is 318 g/mol. The van der Waals surface area contributed by atoms with Crippen molar-refractivity contribution in [1.29, 1.82) is 0 Å². The maximum atomic E-state index is 12.3. The molecule has 3 N–H and O–H groups in total. The Bertz CT molecular complexity index is 656. The second-order valence-corrected chi connectivity index (χ2v) is 5.46. The Labute approximate surface area is 135 Å². The average Bonchev–Trinajstić information content (AvgIpc) is 2.50. The van der Waals surface area contributed by atoms with E-state index in [9.17, 15) is 4.79 Å². The fraction of sp³-hybridized carbons (Fsp3) is 0.235. The molecule has 0 saturated heterocycles. The molecular formula is C17H19ClN2O2. The molecule has 0 bridgehead atoms. The molecule has 4 nitrogen and oxygen atoms in total. The first-order valence-corrected chi connectivity index (χ1v) is 7.46. The zero-order chi connectivity index (χ0) is 16.1. The number of nitrogen functional groups attached to an aromatic ring is 1. The van der Waals surface area contributed by atoms with Gasteiger partial charge in [0, 0.05) is 5.69 Å². The number of benzene rings is 2. The first kappa shape index (κ1) is 16.2. The highest BCUT2D eigenvalue weighted by Gasteiger charge is 2.18. The number of anilines is 2. The van der Waals surface area contributed by atoms with Crippen LogP contribution in [0.25, 0.3) is 0 Å².